The van der Waals surface area contributed by atoms with Gasteiger partial charge in [-0.2, -0.15) is 0 Å². The molecule has 0 radical (unpaired) electrons. The van der Waals surface area contributed by atoms with Crippen molar-refractivity contribution in [1.29, 1.82) is 0 Å². The van der Waals surface area contributed by atoms with Gasteiger partial charge in [-0.15, -0.1) is 0 Å². The van der Waals surface area contributed by atoms with Gasteiger partial charge in [-0.3, -0.25) is 0 Å². The molecule has 0 amide bonds. The van der Waals surface area contributed by atoms with Gasteiger partial charge in [0.15, 0.2) is 25.2 Å². The van der Waals surface area contributed by atoms with Gasteiger partial charge in [-0.1, -0.05) is 0 Å². The van der Waals surface area contributed by atoms with Gasteiger partial charge in [0.1, 0.15) is 79.4 Å². The van der Waals surface area contributed by atoms with Gasteiger partial charge in [0.25, 0.3) is 0 Å². The third-order valence-corrected chi connectivity index (χ3v) is 8.07. The lowest BCUT2D eigenvalue weighted by Gasteiger charge is -2.48. The van der Waals surface area contributed by atoms with Crippen LogP contribution in [0.15, 0.2) is 0 Å². The van der Waals surface area contributed by atoms with E-state index in [-0.39, 0.29) is 0 Å². The molecule has 246 valence electrons. The summed E-state index contributed by atoms with van der Waals surface area (Å²) in [6.45, 7) is 3.66. The maximum atomic E-state index is 10.9. The normalized spacial score (nSPS) is 55.9. The molecule has 4 aliphatic heterocycles. The summed E-state index contributed by atoms with van der Waals surface area (Å²) in [5, 5.41) is 113. The van der Waals surface area contributed by atoms with Crippen molar-refractivity contribution in [3.63, 3.8) is 0 Å². The Bertz CT molecular complexity index is 869. The van der Waals surface area contributed by atoms with E-state index in [0.717, 1.165) is 0 Å². The maximum absolute atomic E-state index is 10.9. The molecule has 0 spiro atoms. The molecule has 0 unspecified atom stereocenters. The SMILES string of the molecule is C[C@@H]1O[C@@H](O[C@H]2[C@H](O[C@H]3[C@H](OC[C@H]4O[C@@H](O)[C@H](O)[C@@H](O)[C@@H]4O)O[C@@H](C)[C@H](O)[C@H]3O)O[C@@H](C)[C@H](O)[C@H]2O)[C@H](O)[C@H](O)[C@H]1O. The molecule has 0 aromatic rings. The molecule has 20 atom stereocenters. The van der Waals surface area contributed by atoms with Crippen molar-refractivity contribution in [1.82, 2.24) is 0 Å². The minimum absolute atomic E-state index is 0.564. The highest BCUT2D eigenvalue weighted by Crippen LogP contribution is 2.33. The molecule has 4 saturated heterocycles. The predicted octanol–water partition coefficient (Wildman–Crippen LogP) is -6.67. The van der Waals surface area contributed by atoms with Crippen LogP contribution in [0.5, 0.6) is 0 Å². The summed E-state index contributed by atoms with van der Waals surface area (Å²) in [6.07, 6.45) is -30.9. The van der Waals surface area contributed by atoms with E-state index in [1.165, 1.54) is 20.8 Å². The zero-order valence-corrected chi connectivity index (χ0v) is 23.0. The van der Waals surface area contributed by atoms with Crippen molar-refractivity contribution < 1.29 is 89.3 Å². The molecule has 0 aliphatic carbocycles. The van der Waals surface area contributed by atoms with Crippen molar-refractivity contribution in [2.24, 2.45) is 0 Å². The Morgan fingerprint density at radius 1 is 0.429 bits per heavy atom. The van der Waals surface area contributed by atoms with E-state index in [1.807, 2.05) is 0 Å². The zero-order chi connectivity index (χ0) is 31.2. The fourth-order valence-corrected chi connectivity index (χ4v) is 5.23. The smallest absolute Gasteiger partial charge is 0.187 e. The first-order valence-electron chi connectivity index (χ1n) is 13.7. The first kappa shape index (κ1) is 34.2. The Hall–Kier alpha value is -0.720. The van der Waals surface area contributed by atoms with E-state index in [0.29, 0.717) is 0 Å². The van der Waals surface area contributed by atoms with Gasteiger partial charge in [0.05, 0.1) is 24.9 Å². The lowest BCUT2D eigenvalue weighted by molar-refractivity contribution is -0.390. The largest absolute Gasteiger partial charge is 0.388 e. The van der Waals surface area contributed by atoms with Crippen molar-refractivity contribution in [3.8, 4) is 0 Å². The molecular weight excluding hydrogens is 576 g/mol. The summed E-state index contributed by atoms with van der Waals surface area (Å²) in [4.78, 5) is 0. The quantitative estimate of drug-likeness (QED) is 0.126. The fraction of sp³-hybridized carbons (Fsp3) is 1.00. The molecule has 0 aromatic heterocycles. The van der Waals surface area contributed by atoms with Gasteiger partial charge >= 0.3 is 0 Å². The summed E-state index contributed by atoms with van der Waals surface area (Å²) in [5.41, 5.74) is 0. The Balaban J connectivity index is 1.52. The third-order valence-electron chi connectivity index (χ3n) is 8.07. The Kier molecular flexibility index (Phi) is 11.2. The Morgan fingerprint density at radius 3 is 1.43 bits per heavy atom. The van der Waals surface area contributed by atoms with Gasteiger partial charge in [-0.25, -0.2) is 0 Å². The number of aliphatic hydroxyl groups excluding tert-OH is 11. The fourth-order valence-electron chi connectivity index (χ4n) is 5.23. The van der Waals surface area contributed by atoms with E-state index in [1.54, 1.807) is 0 Å². The minimum Gasteiger partial charge on any atom is -0.388 e. The van der Waals surface area contributed by atoms with Crippen LogP contribution in [0.1, 0.15) is 20.8 Å². The first-order valence-corrected chi connectivity index (χ1v) is 13.7. The first-order chi connectivity index (χ1) is 19.6. The van der Waals surface area contributed by atoms with Gasteiger partial charge in [0.2, 0.25) is 0 Å². The zero-order valence-electron chi connectivity index (χ0n) is 23.0. The lowest BCUT2D eigenvalue weighted by Crippen LogP contribution is -2.66. The molecule has 4 rings (SSSR count). The van der Waals surface area contributed by atoms with E-state index >= 15 is 0 Å². The van der Waals surface area contributed by atoms with E-state index in [9.17, 15) is 56.2 Å². The highest BCUT2D eigenvalue weighted by atomic mass is 16.8. The lowest BCUT2D eigenvalue weighted by atomic mass is 9.97. The molecule has 4 heterocycles. The number of ether oxygens (including phenoxy) is 7. The van der Waals surface area contributed by atoms with Crippen LogP contribution in [0, 0.1) is 0 Å². The summed E-state index contributed by atoms with van der Waals surface area (Å²) >= 11 is 0. The average Bonchev–Trinajstić information content (AvgIpc) is 2.95. The highest BCUT2D eigenvalue weighted by Gasteiger charge is 2.53. The molecule has 4 fully saturated rings. The van der Waals surface area contributed by atoms with Crippen LogP contribution >= 0.6 is 0 Å². The van der Waals surface area contributed by atoms with E-state index in [2.05, 4.69) is 0 Å². The minimum atomic E-state index is -1.84. The second-order valence-corrected chi connectivity index (χ2v) is 11.1. The number of aliphatic hydroxyl groups is 11. The van der Waals surface area contributed by atoms with Gasteiger partial charge < -0.3 is 89.3 Å². The molecule has 18 heteroatoms. The van der Waals surface area contributed by atoms with Crippen LogP contribution in [-0.2, 0) is 33.2 Å². The van der Waals surface area contributed by atoms with Crippen LogP contribution in [0.2, 0.25) is 0 Å². The van der Waals surface area contributed by atoms with Gasteiger partial charge in [-0.05, 0) is 20.8 Å². The van der Waals surface area contributed by atoms with Gasteiger partial charge in [0, 0.05) is 0 Å². The maximum Gasteiger partial charge on any atom is 0.187 e. The average molecular weight is 619 g/mol. The predicted molar refractivity (Wildman–Crippen MR) is 130 cm³/mol. The van der Waals surface area contributed by atoms with Crippen LogP contribution in [0.3, 0.4) is 0 Å². The molecule has 42 heavy (non-hydrogen) atoms. The second-order valence-electron chi connectivity index (χ2n) is 11.1. The molecule has 4 aliphatic rings. The molecule has 11 N–H and O–H groups in total. The molecule has 0 aromatic carbocycles. The highest BCUT2D eigenvalue weighted by molar-refractivity contribution is 4.95. The molecule has 0 saturated carbocycles. The van der Waals surface area contributed by atoms with Crippen LogP contribution < -0.4 is 0 Å². The standard InChI is InChI=1S/C24H42O18/c1-5-9(25)13(29)18(34)22(37-5)41-20-16(32)11(27)7(3)39-24(20)42-19-15(31)10(26)6(2)38-23(19)36-4-8-12(28)14(30)17(33)21(35)40-8/h5-35H,4H2,1-3H3/t5-,6-,7-,8+,9-,10-,11-,12+,13+,14-,15+,16+,17+,18+,19+,20+,21+,22-,23+,24-/m0/s1. The van der Waals surface area contributed by atoms with Crippen molar-refractivity contribution in [2.75, 3.05) is 6.61 Å². The molecule has 18 nitrogen and oxygen atoms in total. The van der Waals surface area contributed by atoms with E-state index in [4.69, 9.17) is 33.2 Å². The topological polar surface area (TPSA) is 287 Å². The third kappa shape index (κ3) is 6.76. The number of rotatable bonds is 7. The van der Waals surface area contributed by atoms with Crippen LogP contribution in [-0.4, -0.2) is 186 Å². The monoisotopic (exact) mass is 618 g/mol. The van der Waals surface area contributed by atoms with Crippen LogP contribution in [0.25, 0.3) is 0 Å². The van der Waals surface area contributed by atoms with Crippen LogP contribution in [0.4, 0.5) is 0 Å². The summed E-state index contributed by atoms with van der Waals surface area (Å²) in [6, 6.07) is 0. The Morgan fingerprint density at radius 2 is 0.857 bits per heavy atom. The van der Waals surface area contributed by atoms with Crippen molar-refractivity contribution in [3.05, 3.63) is 0 Å². The molecular formula is C24H42O18. The molecule has 0 bridgehead atoms. The second kappa shape index (κ2) is 13.7. The van der Waals surface area contributed by atoms with Crippen molar-refractivity contribution in [2.45, 2.75) is 144 Å². The number of hydrogen-bond acceptors (Lipinski definition) is 18. The Labute approximate surface area is 240 Å². The summed E-state index contributed by atoms with van der Waals surface area (Å²) < 4.78 is 39.0. The number of hydrogen-bond donors (Lipinski definition) is 11. The summed E-state index contributed by atoms with van der Waals surface area (Å²) in [7, 11) is 0. The summed E-state index contributed by atoms with van der Waals surface area (Å²) in [5.74, 6) is 0. The van der Waals surface area contributed by atoms with Crippen molar-refractivity contribution >= 4 is 0 Å². The van der Waals surface area contributed by atoms with E-state index < -0.39 is 129 Å².